The molecule has 4 nitrogen and oxygen atoms in total. The summed E-state index contributed by atoms with van der Waals surface area (Å²) in [5.74, 6) is -0.218. The van der Waals surface area contributed by atoms with Gasteiger partial charge in [0.25, 0.3) is 0 Å². The molecule has 0 saturated carbocycles. The van der Waals surface area contributed by atoms with E-state index >= 15 is 0 Å². The van der Waals surface area contributed by atoms with Gasteiger partial charge in [0.1, 0.15) is 0 Å². The van der Waals surface area contributed by atoms with E-state index in [1.54, 1.807) is 17.4 Å². The van der Waals surface area contributed by atoms with Crippen LogP contribution in [0.5, 0.6) is 0 Å². The van der Waals surface area contributed by atoms with Gasteiger partial charge in [-0.1, -0.05) is 12.1 Å². The molecule has 0 aliphatic heterocycles. The highest BCUT2D eigenvalue weighted by atomic mass is 32.1. The largest absolute Gasteiger partial charge is 0.469 e. The first kappa shape index (κ1) is 15.2. The van der Waals surface area contributed by atoms with E-state index in [2.05, 4.69) is 16.1 Å². The van der Waals surface area contributed by atoms with Crippen molar-refractivity contribution in [3.63, 3.8) is 0 Å². The first-order valence-corrected chi connectivity index (χ1v) is 7.37. The van der Waals surface area contributed by atoms with E-state index in [1.807, 2.05) is 30.3 Å². The molecule has 0 spiro atoms. The van der Waals surface area contributed by atoms with Crippen molar-refractivity contribution in [1.29, 1.82) is 5.26 Å². The molecule has 0 unspecified atom stereocenters. The van der Waals surface area contributed by atoms with E-state index in [0.29, 0.717) is 18.5 Å². The number of carbonyl (C=O) groups excluding carboxylic acids is 1. The Kier molecular flexibility index (Phi) is 5.50. The van der Waals surface area contributed by atoms with Crippen LogP contribution in [0.3, 0.4) is 0 Å². The number of esters is 1. The van der Waals surface area contributed by atoms with Crippen LogP contribution in [-0.2, 0) is 29.0 Å². The SMILES string of the molecule is COC(=O)Cc1ccc(CNCc2cccc(C#N)c2)s1. The number of thiophene rings is 1. The van der Waals surface area contributed by atoms with Crippen molar-refractivity contribution in [3.8, 4) is 6.07 Å². The van der Waals surface area contributed by atoms with E-state index in [1.165, 1.54) is 12.0 Å². The second kappa shape index (κ2) is 7.58. The van der Waals surface area contributed by atoms with Crippen molar-refractivity contribution in [2.24, 2.45) is 0 Å². The molecule has 1 heterocycles. The van der Waals surface area contributed by atoms with E-state index < -0.39 is 0 Å². The molecule has 1 aromatic heterocycles. The zero-order valence-electron chi connectivity index (χ0n) is 11.8. The Bertz CT molecular complexity index is 658. The summed E-state index contributed by atoms with van der Waals surface area (Å²) in [4.78, 5) is 13.4. The highest BCUT2D eigenvalue weighted by molar-refractivity contribution is 7.12. The fraction of sp³-hybridized carbons (Fsp3) is 0.250. The molecule has 0 fully saturated rings. The molecule has 1 aromatic carbocycles. The van der Waals surface area contributed by atoms with Crippen LogP contribution in [0.4, 0.5) is 0 Å². The molecule has 0 aliphatic rings. The summed E-state index contributed by atoms with van der Waals surface area (Å²) in [5.41, 5.74) is 1.76. The van der Waals surface area contributed by atoms with E-state index in [0.717, 1.165) is 17.0 Å². The number of nitrogens with zero attached hydrogens (tertiary/aromatic N) is 1. The molecule has 1 N–H and O–H groups in total. The number of rotatable bonds is 6. The zero-order chi connectivity index (χ0) is 15.1. The predicted molar refractivity (Wildman–Crippen MR) is 81.7 cm³/mol. The molecule has 2 aromatic rings. The highest BCUT2D eigenvalue weighted by Gasteiger charge is 2.06. The molecule has 0 atom stereocenters. The third kappa shape index (κ3) is 4.71. The highest BCUT2D eigenvalue weighted by Crippen LogP contribution is 2.17. The molecule has 108 valence electrons. The second-order valence-corrected chi connectivity index (χ2v) is 5.79. The number of nitriles is 1. The Morgan fingerprint density at radius 3 is 2.86 bits per heavy atom. The maximum absolute atomic E-state index is 11.2. The van der Waals surface area contributed by atoms with Gasteiger partial charge in [-0.15, -0.1) is 11.3 Å². The number of nitrogens with one attached hydrogen (secondary N) is 1. The molecule has 5 heteroatoms. The summed E-state index contributed by atoms with van der Waals surface area (Å²) in [7, 11) is 1.40. The van der Waals surface area contributed by atoms with Gasteiger partial charge >= 0.3 is 5.97 Å². The standard InChI is InChI=1S/C16H16N2O2S/c1-20-16(19)8-14-5-6-15(21-14)11-18-10-13-4-2-3-12(7-13)9-17/h2-7,18H,8,10-11H2,1H3. The van der Waals surface area contributed by atoms with E-state index in [-0.39, 0.29) is 5.97 Å². The minimum Gasteiger partial charge on any atom is -0.469 e. The van der Waals surface area contributed by atoms with Crippen LogP contribution in [0.2, 0.25) is 0 Å². The van der Waals surface area contributed by atoms with Gasteiger partial charge in [0, 0.05) is 22.8 Å². The predicted octanol–water partition coefficient (Wildman–Crippen LogP) is 2.63. The maximum atomic E-state index is 11.2. The lowest BCUT2D eigenvalue weighted by Gasteiger charge is -2.03. The van der Waals surface area contributed by atoms with Gasteiger partial charge in [0.15, 0.2) is 0 Å². The van der Waals surface area contributed by atoms with Crippen molar-refractivity contribution in [2.75, 3.05) is 7.11 Å². The summed E-state index contributed by atoms with van der Waals surface area (Å²) >= 11 is 1.60. The Morgan fingerprint density at radius 1 is 1.29 bits per heavy atom. The van der Waals surface area contributed by atoms with E-state index in [9.17, 15) is 4.79 Å². The topological polar surface area (TPSA) is 62.1 Å². The molecular weight excluding hydrogens is 284 g/mol. The fourth-order valence-electron chi connectivity index (χ4n) is 1.91. The smallest absolute Gasteiger partial charge is 0.310 e. The van der Waals surface area contributed by atoms with Crippen molar-refractivity contribution in [1.82, 2.24) is 5.32 Å². The maximum Gasteiger partial charge on any atom is 0.310 e. The Balaban J connectivity index is 1.83. The lowest BCUT2D eigenvalue weighted by molar-refractivity contribution is -0.139. The molecule has 0 saturated heterocycles. The number of benzene rings is 1. The number of hydrogen-bond donors (Lipinski definition) is 1. The van der Waals surface area contributed by atoms with Crippen LogP contribution in [0.25, 0.3) is 0 Å². The first-order valence-electron chi connectivity index (χ1n) is 6.55. The van der Waals surface area contributed by atoms with Crippen molar-refractivity contribution in [2.45, 2.75) is 19.5 Å². The van der Waals surface area contributed by atoms with Gasteiger partial charge in [-0.3, -0.25) is 4.79 Å². The van der Waals surface area contributed by atoms with Crippen molar-refractivity contribution < 1.29 is 9.53 Å². The van der Waals surface area contributed by atoms with Crippen LogP contribution < -0.4 is 5.32 Å². The van der Waals surface area contributed by atoms with Crippen LogP contribution in [0.1, 0.15) is 20.9 Å². The van der Waals surface area contributed by atoms with Gasteiger partial charge in [-0.05, 0) is 29.8 Å². The quantitative estimate of drug-likeness (QED) is 0.833. The average molecular weight is 300 g/mol. The molecule has 0 aliphatic carbocycles. The molecule has 2 rings (SSSR count). The number of hydrogen-bond acceptors (Lipinski definition) is 5. The van der Waals surface area contributed by atoms with Crippen molar-refractivity contribution >= 4 is 17.3 Å². The number of ether oxygens (including phenoxy) is 1. The zero-order valence-corrected chi connectivity index (χ0v) is 12.6. The summed E-state index contributed by atoms with van der Waals surface area (Å²) < 4.78 is 4.65. The third-order valence-electron chi connectivity index (χ3n) is 2.95. The van der Waals surface area contributed by atoms with Gasteiger partial charge < -0.3 is 10.1 Å². The number of carbonyl (C=O) groups is 1. The summed E-state index contributed by atoms with van der Waals surface area (Å²) in [6, 6.07) is 13.6. The minimum atomic E-state index is -0.218. The fourth-order valence-corrected chi connectivity index (χ4v) is 2.88. The van der Waals surface area contributed by atoms with Gasteiger partial charge in [-0.2, -0.15) is 5.26 Å². The summed E-state index contributed by atoms with van der Waals surface area (Å²) in [6.45, 7) is 1.45. The molecule has 21 heavy (non-hydrogen) atoms. The van der Waals surface area contributed by atoms with Crippen molar-refractivity contribution in [3.05, 3.63) is 57.3 Å². The van der Waals surface area contributed by atoms with Crippen LogP contribution in [0.15, 0.2) is 36.4 Å². The molecule has 0 radical (unpaired) electrons. The lowest BCUT2D eigenvalue weighted by atomic mass is 10.1. The Hall–Kier alpha value is -2.16. The monoisotopic (exact) mass is 300 g/mol. The second-order valence-electron chi connectivity index (χ2n) is 4.54. The first-order chi connectivity index (χ1) is 10.2. The summed E-state index contributed by atoms with van der Waals surface area (Å²) in [5, 5.41) is 12.2. The number of methoxy groups -OCH3 is 1. The van der Waals surface area contributed by atoms with Crippen LogP contribution in [-0.4, -0.2) is 13.1 Å². The normalized spacial score (nSPS) is 10.1. The Labute approximate surface area is 128 Å². The van der Waals surface area contributed by atoms with Gasteiger partial charge in [-0.25, -0.2) is 0 Å². The Morgan fingerprint density at radius 2 is 2.10 bits per heavy atom. The van der Waals surface area contributed by atoms with Gasteiger partial charge in [0.05, 0.1) is 25.2 Å². The molecule has 0 amide bonds. The summed E-state index contributed by atoms with van der Waals surface area (Å²) in [6.07, 6.45) is 0.325. The minimum absolute atomic E-state index is 0.218. The van der Waals surface area contributed by atoms with Crippen LogP contribution in [0, 0.1) is 11.3 Å². The van der Waals surface area contributed by atoms with Crippen LogP contribution >= 0.6 is 11.3 Å². The molecule has 0 bridgehead atoms. The average Bonchev–Trinajstić information content (AvgIpc) is 2.94. The lowest BCUT2D eigenvalue weighted by Crippen LogP contribution is -2.11. The molecular formula is C16H16N2O2S. The third-order valence-corrected chi connectivity index (χ3v) is 4.03. The van der Waals surface area contributed by atoms with E-state index in [4.69, 9.17) is 5.26 Å². The van der Waals surface area contributed by atoms with Gasteiger partial charge in [0.2, 0.25) is 0 Å².